The molecule has 0 saturated heterocycles. The lowest BCUT2D eigenvalue weighted by Gasteiger charge is -2.05. The molecule has 0 saturated carbocycles. The van der Waals surface area contributed by atoms with Crippen molar-refractivity contribution in [2.75, 3.05) is 0 Å². The van der Waals surface area contributed by atoms with Gasteiger partial charge in [-0.3, -0.25) is 0 Å². The van der Waals surface area contributed by atoms with E-state index in [4.69, 9.17) is 0 Å². The fraction of sp³-hybridized carbons (Fsp3) is 0.0909. The number of aryl methyl sites for hydroxylation is 3. The molecule has 0 aliphatic carbocycles. The van der Waals surface area contributed by atoms with Crippen LogP contribution in [-0.4, -0.2) is 0 Å². The molecule has 0 spiro atoms. The van der Waals surface area contributed by atoms with E-state index < -0.39 is 0 Å². The van der Waals surface area contributed by atoms with E-state index in [1.165, 1.54) is 68.2 Å². The predicted molar refractivity (Wildman–Crippen MR) is 156 cm³/mol. The van der Waals surface area contributed by atoms with Crippen LogP contribution in [0.1, 0.15) is 16.0 Å². The van der Waals surface area contributed by atoms with Gasteiger partial charge in [-0.25, -0.2) is 0 Å². The van der Waals surface area contributed by atoms with Gasteiger partial charge in [0.15, 0.2) is 0 Å². The normalized spacial score (nSPS) is 11.8. The van der Waals surface area contributed by atoms with Crippen LogP contribution in [0.15, 0.2) is 103 Å². The molecule has 0 radical (unpaired) electrons. The zero-order valence-electron chi connectivity index (χ0n) is 19.5. The van der Waals surface area contributed by atoms with Crippen LogP contribution in [0, 0.1) is 6.92 Å². The Kier molecular flexibility index (Phi) is 4.97. The second-order valence-corrected chi connectivity index (χ2v) is 11.7. The second-order valence-electron chi connectivity index (χ2n) is 9.42. The number of benzene rings is 5. The highest BCUT2D eigenvalue weighted by molar-refractivity contribution is 7.22. The van der Waals surface area contributed by atoms with Gasteiger partial charge in [-0.2, -0.15) is 0 Å². The Morgan fingerprint density at radius 3 is 1.91 bits per heavy atom. The van der Waals surface area contributed by atoms with Crippen LogP contribution < -0.4 is 0 Å². The Balaban J connectivity index is 1.32. The van der Waals surface area contributed by atoms with Gasteiger partial charge in [0.2, 0.25) is 0 Å². The van der Waals surface area contributed by atoms with Gasteiger partial charge < -0.3 is 0 Å². The molecule has 0 N–H and O–H groups in total. The molecule has 0 aliphatic heterocycles. The molecule has 0 bridgehead atoms. The van der Waals surface area contributed by atoms with Crippen molar-refractivity contribution in [3.8, 4) is 10.4 Å². The van der Waals surface area contributed by atoms with E-state index in [1.807, 2.05) is 22.7 Å². The quantitative estimate of drug-likeness (QED) is 0.218. The largest absolute Gasteiger partial charge is 0.140 e. The summed E-state index contributed by atoms with van der Waals surface area (Å²) < 4.78 is 2.74. The lowest BCUT2D eigenvalue weighted by Crippen LogP contribution is -1.87. The molecule has 7 rings (SSSR count). The average Bonchev–Trinajstić information content (AvgIpc) is 3.52. The van der Waals surface area contributed by atoms with Crippen molar-refractivity contribution in [2.45, 2.75) is 19.8 Å². The van der Waals surface area contributed by atoms with Gasteiger partial charge >= 0.3 is 0 Å². The van der Waals surface area contributed by atoms with Crippen LogP contribution in [0.3, 0.4) is 0 Å². The smallest absolute Gasteiger partial charge is 0.0355 e. The van der Waals surface area contributed by atoms with Crippen LogP contribution in [0.25, 0.3) is 52.2 Å². The molecule has 0 amide bonds. The summed E-state index contributed by atoms with van der Waals surface area (Å²) in [4.78, 5) is 2.80. The molecule has 7 aromatic rings. The number of fused-ring (bicyclic) bond motifs is 6. The topological polar surface area (TPSA) is 0 Å². The zero-order chi connectivity index (χ0) is 23.4. The third-order valence-corrected chi connectivity index (χ3v) is 9.35. The van der Waals surface area contributed by atoms with Gasteiger partial charge in [-0.15, -0.1) is 22.7 Å². The van der Waals surface area contributed by atoms with Crippen molar-refractivity contribution < 1.29 is 0 Å². The molecular weight excluding hydrogens is 460 g/mol. The summed E-state index contributed by atoms with van der Waals surface area (Å²) in [7, 11) is 0. The van der Waals surface area contributed by atoms with Crippen molar-refractivity contribution >= 4 is 64.4 Å². The van der Waals surface area contributed by atoms with Crippen LogP contribution in [0.5, 0.6) is 0 Å². The highest BCUT2D eigenvalue weighted by Gasteiger charge is 2.11. The Bertz CT molecular complexity index is 1830. The molecule has 2 heterocycles. The van der Waals surface area contributed by atoms with Gasteiger partial charge in [0.05, 0.1) is 0 Å². The fourth-order valence-corrected chi connectivity index (χ4v) is 7.29. The molecule has 35 heavy (non-hydrogen) atoms. The summed E-state index contributed by atoms with van der Waals surface area (Å²) in [5, 5.41) is 8.12. The molecule has 168 valence electrons. The number of rotatable bonds is 4. The summed E-state index contributed by atoms with van der Waals surface area (Å²) in [6.45, 7) is 2.14. The van der Waals surface area contributed by atoms with Crippen LogP contribution in [-0.2, 0) is 12.8 Å². The first-order valence-electron chi connectivity index (χ1n) is 12.1. The first-order valence-corrected chi connectivity index (χ1v) is 13.8. The molecule has 2 aromatic heterocycles. The van der Waals surface area contributed by atoms with Gasteiger partial charge in [0.25, 0.3) is 0 Å². The molecule has 0 aliphatic rings. The fourth-order valence-electron chi connectivity index (χ4n) is 5.13. The lowest BCUT2D eigenvalue weighted by molar-refractivity contribution is 0.982. The Morgan fingerprint density at radius 2 is 1.20 bits per heavy atom. The van der Waals surface area contributed by atoms with Crippen LogP contribution >= 0.6 is 22.7 Å². The summed E-state index contributed by atoms with van der Waals surface area (Å²) in [6, 6.07) is 38.5. The first kappa shape index (κ1) is 20.9. The average molecular weight is 485 g/mol. The van der Waals surface area contributed by atoms with Gasteiger partial charge in [0, 0.05) is 29.9 Å². The SMILES string of the molecule is Cc1ccc(-c2cc3c(ccc4cc5c(ccc6sc(CCc7ccccc7)cc65)cc43)s2)cc1. The third-order valence-electron chi connectivity index (χ3n) is 7.04. The third kappa shape index (κ3) is 3.74. The van der Waals surface area contributed by atoms with E-state index in [0.29, 0.717) is 0 Å². The Hall–Kier alpha value is -3.46. The monoisotopic (exact) mass is 484 g/mol. The molecule has 0 nitrogen and oxygen atoms in total. The first-order chi connectivity index (χ1) is 17.2. The number of hydrogen-bond acceptors (Lipinski definition) is 2. The second kappa shape index (κ2) is 8.34. The van der Waals surface area contributed by atoms with Crippen molar-refractivity contribution in [1.82, 2.24) is 0 Å². The summed E-state index contributed by atoms with van der Waals surface area (Å²) in [6.07, 6.45) is 2.18. The van der Waals surface area contributed by atoms with Gasteiger partial charge in [-0.1, -0.05) is 72.3 Å². The summed E-state index contributed by atoms with van der Waals surface area (Å²) in [5.74, 6) is 0. The van der Waals surface area contributed by atoms with E-state index >= 15 is 0 Å². The van der Waals surface area contributed by atoms with E-state index in [0.717, 1.165) is 12.8 Å². The summed E-state index contributed by atoms with van der Waals surface area (Å²) in [5.41, 5.74) is 4.01. The van der Waals surface area contributed by atoms with E-state index in [9.17, 15) is 0 Å². The Morgan fingerprint density at radius 1 is 0.543 bits per heavy atom. The van der Waals surface area contributed by atoms with Crippen LogP contribution in [0.4, 0.5) is 0 Å². The lowest BCUT2D eigenvalue weighted by atomic mass is 9.99. The van der Waals surface area contributed by atoms with Crippen molar-refractivity contribution in [3.63, 3.8) is 0 Å². The van der Waals surface area contributed by atoms with Crippen molar-refractivity contribution in [1.29, 1.82) is 0 Å². The number of hydrogen-bond donors (Lipinski definition) is 0. The van der Waals surface area contributed by atoms with E-state index in [-0.39, 0.29) is 0 Å². The van der Waals surface area contributed by atoms with Gasteiger partial charge in [0.1, 0.15) is 0 Å². The zero-order valence-corrected chi connectivity index (χ0v) is 21.2. The number of thiophene rings is 2. The van der Waals surface area contributed by atoms with Crippen molar-refractivity contribution in [3.05, 3.63) is 119 Å². The minimum atomic E-state index is 1.09. The Labute approximate surface area is 213 Å². The molecular formula is C33H24S2. The minimum Gasteiger partial charge on any atom is -0.140 e. The maximum atomic E-state index is 2.43. The molecule has 0 fully saturated rings. The van der Waals surface area contributed by atoms with E-state index in [1.54, 1.807) is 0 Å². The molecule has 5 aromatic carbocycles. The molecule has 0 unspecified atom stereocenters. The molecule has 0 atom stereocenters. The van der Waals surface area contributed by atoms with Gasteiger partial charge in [-0.05, 0) is 88.8 Å². The standard InChI is InChI=1S/C33H24S2/c1-21-7-10-23(11-8-21)33-20-30-28-18-24-12-15-31-29(27(24)17-25(28)13-16-32(30)35-33)19-26(34-31)14-9-22-5-3-2-4-6-22/h2-8,10-13,15-20H,9,14H2,1H3. The summed E-state index contributed by atoms with van der Waals surface area (Å²) >= 11 is 3.83. The highest BCUT2D eigenvalue weighted by Crippen LogP contribution is 2.40. The highest BCUT2D eigenvalue weighted by atomic mass is 32.1. The van der Waals surface area contributed by atoms with Crippen molar-refractivity contribution in [2.24, 2.45) is 0 Å². The molecule has 2 heteroatoms. The maximum Gasteiger partial charge on any atom is 0.0355 e. The maximum absolute atomic E-state index is 2.43. The minimum absolute atomic E-state index is 1.09. The van der Waals surface area contributed by atoms with Crippen LogP contribution in [0.2, 0.25) is 0 Å². The van der Waals surface area contributed by atoms with E-state index in [2.05, 4.69) is 110 Å². The predicted octanol–water partition coefficient (Wildman–Crippen LogP) is 10.2.